The number of benzene rings is 2. The molecule has 1 aliphatic rings. The minimum absolute atomic E-state index is 0.803. The van der Waals surface area contributed by atoms with E-state index in [9.17, 15) is 0 Å². The van der Waals surface area contributed by atoms with Gasteiger partial charge in [0, 0.05) is 47.7 Å². The fraction of sp³-hybridized carbons (Fsp3) is 0.333. The van der Waals surface area contributed by atoms with E-state index in [2.05, 4.69) is 53.1 Å². The second kappa shape index (κ2) is 7.40. The molecule has 0 aromatic heterocycles. The Hall–Kier alpha value is -1.16. The largest absolute Gasteiger partial charge is 0.369 e. The molecule has 22 heavy (non-hydrogen) atoms. The fourth-order valence-electron chi connectivity index (χ4n) is 2.59. The third kappa shape index (κ3) is 4.19. The third-order valence-electron chi connectivity index (χ3n) is 4.00. The second-order valence-corrected chi connectivity index (χ2v) is 7.12. The average Bonchev–Trinajstić information content (AvgIpc) is 2.56. The molecule has 1 saturated heterocycles. The predicted octanol–water partition coefficient (Wildman–Crippen LogP) is 4.52. The smallest absolute Gasteiger partial charge is 0.0493 e. The summed E-state index contributed by atoms with van der Waals surface area (Å²) in [5.41, 5.74) is 2.59. The van der Waals surface area contributed by atoms with E-state index >= 15 is 0 Å². The first-order valence-corrected chi connectivity index (χ1v) is 8.99. The van der Waals surface area contributed by atoms with Gasteiger partial charge in [-0.05, 0) is 43.3 Å². The molecule has 0 N–H and O–H groups in total. The third-order valence-corrected chi connectivity index (χ3v) is 5.35. The zero-order chi connectivity index (χ0) is 15.4. The monoisotopic (exact) mass is 332 g/mol. The number of hydrogen-bond donors (Lipinski definition) is 0. The summed E-state index contributed by atoms with van der Waals surface area (Å²) in [6.45, 7) is 6.51. The van der Waals surface area contributed by atoms with Crippen LogP contribution in [0.1, 0.15) is 5.56 Å². The van der Waals surface area contributed by atoms with Crippen LogP contribution in [0.5, 0.6) is 0 Å². The summed E-state index contributed by atoms with van der Waals surface area (Å²) in [6.07, 6.45) is 0. The van der Waals surface area contributed by atoms with E-state index in [1.165, 1.54) is 16.1 Å². The lowest BCUT2D eigenvalue weighted by molar-refractivity contribution is 0.301. The minimum Gasteiger partial charge on any atom is -0.369 e. The van der Waals surface area contributed by atoms with Gasteiger partial charge in [-0.1, -0.05) is 29.3 Å². The average molecular weight is 333 g/mol. The fourth-order valence-corrected chi connectivity index (χ4v) is 3.63. The van der Waals surface area contributed by atoms with Gasteiger partial charge in [-0.2, -0.15) is 0 Å². The lowest BCUT2D eigenvalue weighted by Crippen LogP contribution is -2.46. The molecule has 0 radical (unpaired) electrons. The van der Waals surface area contributed by atoms with E-state index in [1.807, 2.05) is 23.9 Å². The van der Waals surface area contributed by atoms with E-state index < -0.39 is 0 Å². The van der Waals surface area contributed by atoms with Crippen molar-refractivity contribution >= 4 is 29.1 Å². The quantitative estimate of drug-likeness (QED) is 0.760. The number of halogens is 1. The van der Waals surface area contributed by atoms with Gasteiger partial charge in [0.1, 0.15) is 0 Å². The molecule has 2 nitrogen and oxygen atoms in total. The highest BCUT2D eigenvalue weighted by Crippen LogP contribution is 2.22. The molecule has 0 spiro atoms. The van der Waals surface area contributed by atoms with Crippen LogP contribution in [0.2, 0.25) is 5.02 Å². The molecular weight excluding hydrogens is 312 g/mol. The van der Waals surface area contributed by atoms with Gasteiger partial charge in [0.25, 0.3) is 0 Å². The molecule has 0 amide bonds. The number of nitrogens with zero attached hydrogens (tertiary/aromatic N) is 2. The topological polar surface area (TPSA) is 6.48 Å². The highest BCUT2D eigenvalue weighted by atomic mass is 35.5. The molecule has 2 aromatic rings. The standard InChI is InChI=1S/C18H21ClN2S/c1-15-2-8-18(9-3-15)22-14-20-10-12-21(13-11-20)17-6-4-16(19)5-7-17/h2-9H,10-14H2,1H3. The van der Waals surface area contributed by atoms with Crippen LogP contribution in [0.15, 0.2) is 53.4 Å². The molecule has 3 rings (SSSR count). The van der Waals surface area contributed by atoms with Crippen molar-refractivity contribution in [3.63, 3.8) is 0 Å². The van der Waals surface area contributed by atoms with Gasteiger partial charge in [0.05, 0.1) is 0 Å². The molecule has 1 fully saturated rings. The first kappa shape index (κ1) is 15.7. The summed E-state index contributed by atoms with van der Waals surface area (Å²) in [7, 11) is 0. The number of hydrogen-bond acceptors (Lipinski definition) is 3. The zero-order valence-electron chi connectivity index (χ0n) is 12.8. The van der Waals surface area contributed by atoms with Gasteiger partial charge in [-0.3, -0.25) is 4.90 Å². The Morgan fingerprint density at radius 1 is 0.909 bits per heavy atom. The Bertz CT molecular complexity index is 589. The molecule has 0 aliphatic carbocycles. The minimum atomic E-state index is 0.803. The highest BCUT2D eigenvalue weighted by Gasteiger charge is 2.17. The number of aryl methyl sites for hydroxylation is 1. The predicted molar refractivity (Wildman–Crippen MR) is 97.1 cm³/mol. The lowest BCUT2D eigenvalue weighted by Gasteiger charge is -2.35. The zero-order valence-corrected chi connectivity index (χ0v) is 14.4. The van der Waals surface area contributed by atoms with E-state index in [1.54, 1.807) is 0 Å². The molecule has 4 heteroatoms. The second-order valence-electron chi connectivity index (χ2n) is 5.67. The van der Waals surface area contributed by atoms with Crippen molar-refractivity contribution in [2.75, 3.05) is 37.0 Å². The summed E-state index contributed by atoms with van der Waals surface area (Å²) in [6, 6.07) is 16.9. The maximum Gasteiger partial charge on any atom is 0.0493 e. The Balaban J connectivity index is 1.47. The normalized spacial score (nSPS) is 16.0. The highest BCUT2D eigenvalue weighted by molar-refractivity contribution is 7.99. The molecule has 0 atom stereocenters. The maximum atomic E-state index is 5.95. The Labute approximate surface area is 142 Å². The van der Waals surface area contributed by atoms with E-state index in [0.717, 1.165) is 37.1 Å². The number of anilines is 1. The van der Waals surface area contributed by atoms with E-state index in [0.29, 0.717) is 0 Å². The summed E-state index contributed by atoms with van der Waals surface area (Å²) in [5, 5.41) is 0.803. The molecular formula is C18H21ClN2S. The van der Waals surface area contributed by atoms with Gasteiger partial charge in [-0.15, -0.1) is 11.8 Å². The number of rotatable bonds is 4. The van der Waals surface area contributed by atoms with Gasteiger partial charge in [0.2, 0.25) is 0 Å². The number of thioether (sulfide) groups is 1. The maximum absolute atomic E-state index is 5.95. The van der Waals surface area contributed by atoms with Crippen LogP contribution in [-0.2, 0) is 0 Å². The molecule has 0 saturated carbocycles. The van der Waals surface area contributed by atoms with Crippen molar-refractivity contribution in [2.24, 2.45) is 0 Å². The van der Waals surface area contributed by atoms with E-state index in [4.69, 9.17) is 11.6 Å². The first-order chi connectivity index (χ1) is 10.7. The Morgan fingerprint density at radius 2 is 1.55 bits per heavy atom. The van der Waals surface area contributed by atoms with Crippen LogP contribution in [0.25, 0.3) is 0 Å². The van der Waals surface area contributed by atoms with Crippen molar-refractivity contribution in [1.82, 2.24) is 4.90 Å². The molecule has 1 heterocycles. The van der Waals surface area contributed by atoms with Crippen LogP contribution < -0.4 is 4.90 Å². The van der Waals surface area contributed by atoms with E-state index in [-0.39, 0.29) is 0 Å². The van der Waals surface area contributed by atoms with Gasteiger partial charge in [-0.25, -0.2) is 0 Å². The molecule has 0 unspecified atom stereocenters. The summed E-state index contributed by atoms with van der Waals surface area (Å²) in [4.78, 5) is 6.31. The van der Waals surface area contributed by atoms with Crippen molar-refractivity contribution in [3.05, 3.63) is 59.1 Å². The van der Waals surface area contributed by atoms with Crippen LogP contribution in [0.4, 0.5) is 5.69 Å². The van der Waals surface area contributed by atoms with Gasteiger partial charge in [0.15, 0.2) is 0 Å². The molecule has 1 aliphatic heterocycles. The van der Waals surface area contributed by atoms with Crippen LogP contribution in [0, 0.1) is 6.92 Å². The lowest BCUT2D eigenvalue weighted by atomic mass is 10.2. The number of piperazine rings is 1. The van der Waals surface area contributed by atoms with Crippen molar-refractivity contribution in [3.8, 4) is 0 Å². The Morgan fingerprint density at radius 3 is 2.18 bits per heavy atom. The summed E-state index contributed by atoms with van der Waals surface area (Å²) < 4.78 is 0. The Kier molecular flexibility index (Phi) is 5.29. The van der Waals surface area contributed by atoms with Gasteiger partial charge >= 0.3 is 0 Å². The van der Waals surface area contributed by atoms with Crippen molar-refractivity contribution in [1.29, 1.82) is 0 Å². The van der Waals surface area contributed by atoms with Crippen LogP contribution >= 0.6 is 23.4 Å². The molecule has 116 valence electrons. The van der Waals surface area contributed by atoms with Crippen molar-refractivity contribution < 1.29 is 0 Å². The first-order valence-electron chi connectivity index (χ1n) is 7.63. The van der Waals surface area contributed by atoms with Crippen LogP contribution in [-0.4, -0.2) is 37.0 Å². The molecule has 0 bridgehead atoms. The summed E-state index contributed by atoms with van der Waals surface area (Å²) >= 11 is 7.88. The van der Waals surface area contributed by atoms with Crippen molar-refractivity contribution in [2.45, 2.75) is 11.8 Å². The van der Waals surface area contributed by atoms with Gasteiger partial charge < -0.3 is 4.90 Å². The van der Waals surface area contributed by atoms with Crippen LogP contribution in [0.3, 0.4) is 0 Å². The SMILES string of the molecule is Cc1ccc(SCN2CCN(c3ccc(Cl)cc3)CC2)cc1. The summed E-state index contributed by atoms with van der Waals surface area (Å²) in [5.74, 6) is 1.07. The molecule has 2 aromatic carbocycles.